The van der Waals surface area contributed by atoms with Crippen LogP contribution in [0, 0.1) is 17.3 Å². The first-order chi connectivity index (χ1) is 9.12. The molecule has 19 heavy (non-hydrogen) atoms. The van der Waals surface area contributed by atoms with E-state index in [-0.39, 0.29) is 5.92 Å². The maximum absolute atomic E-state index is 11.8. The zero-order chi connectivity index (χ0) is 13.5. The number of rotatable bonds is 4. The lowest BCUT2D eigenvalue weighted by Gasteiger charge is -2.35. The first-order valence-corrected chi connectivity index (χ1v) is 7.08. The van der Waals surface area contributed by atoms with Crippen molar-refractivity contribution in [3.8, 4) is 0 Å². The number of fused-ring (bicyclic) bond motifs is 2. The molecule has 2 fully saturated rings. The third-order valence-electron chi connectivity index (χ3n) is 5.14. The Labute approximate surface area is 113 Å². The van der Waals surface area contributed by atoms with Crippen molar-refractivity contribution >= 4 is 5.97 Å². The highest BCUT2D eigenvalue weighted by Crippen LogP contribution is 2.59. The average Bonchev–Trinajstić information content (AvgIpc) is 3.00. The van der Waals surface area contributed by atoms with E-state index in [1.165, 1.54) is 6.42 Å². The Balaban J connectivity index is 1.82. The van der Waals surface area contributed by atoms with Gasteiger partial charge < -0.3 is 10.2 Å². The number of aliphatic hydroxyl groups is 1. The molecule has 4 unspecified atom stereocenters. The van der Waals surface area contributed by atoms with Crippen molar-refractivity contribution in [2.75, 3.05) is 0 Å². The third kappa shape index (κ3) is 2.06. The van der Waals surface area contributed by atoms with E-state index in [0.29, 0.717) is 12.3 Å². The first-order valence-electron chi connectivity index (χ1n) is 7.08. The van der Waals surface area contributed by atoms with E-state index < -0.39 is 17.5 Å². The fraction of sp³-hybridized carbons (Fsp3) is 0.562. The molecular formula is C16H20O3. The van der Waals surface area contributed by atoms with Gasteiger partial charge in [-0.15, -0.1) is 0 Å². The Morgan fingerprint density at radius 3 is 2.58 bits per heavy atom. The number of carboxylic acid groups (broad SMARTS) is 1. The Hall–Kier alpha value is -1.35. The molecule has 1 aromatic carbocycles. The van der Waals surface area contributed by atoms with Gasteiger partial charge in [0.15, 0.2) is 0 Å². The second kappa shape index (κ2) is 4.64. The second-order valence-electron chi connectivity index (χ2n) is 6.17. The van der Waals surface area contributed by atoms with Crippen LogP contribution in [0.5, 0.6) is 0 Å². The van der Waals surface area contributed by atoms with Gasteiger partial charge in [-0.2, -0.15) is 0 Å². The molecule has 2 aliphatic rings. The summed E-state index contributed by atoms with van der Waals surface area (Å²) < 4.78 is 0. The van der Waals surface area contributed by atoms with Gasteiger partial charge in [0.05, 0.1) is 11.5 Å². The summed E-state index contributed by atoms with van der Waals surface area (Å²) in [5, 5.41) is 20.0. The number of hydrogen-bond acceptors (Lipinski definition) is 2. The number of benzene rings is 1. The molecule has 1 aromatic rings. The van der Waals surface area contributed by atoms with Gasteiger partial charge in [-0.1, -0.05) is 36.8 Å². The largest absolute Gasteiger partial charge is 0.481 e. The molecule has 2 bridgehead atoms. The normalized spacial score (nSPS) is 34.4. The van der Waals surface area contributed by atoms with Crippen molar-refractivity contribution in [2.24, 2.45) is 17.3 Å². The van der Waals surface area contributed by atoms with E-state index in [9.17, 15) is 15.0 Å². The quantitative estimate of drug-likeness (QED) is 0.875. The Morgan fingerprint density at radius 2 is 2.05 bits per heavy atom. The van der Waals surface area contributed by atoms with Crippen molar-refractivity contribution < 1.29 is 15.0 Å². The third-order valence-corrected chi connectivity index (χ3v) is 5.14. The van der Waals surface area contributed by atoms with Gasteiger partial charge >= 0.3 is 5.97 Å². The van der Waals surface area contributed by atoms with E-state index in [1.54, 1.807) is 0 Å². The van der Waals surface area contributed by atoms with Gasteiger partial charge in [-0.25, -0.2) is 0 Å². The van der Waals surface area contributed by atoms with Crippen LogP contribution in [0.2, 0.25) is 0 Å². The van der Waals surface area contributed by atoms with Crippen molar-refractivity contribution in [2.45, 2.75) is 38.2 Å². The summed E-state index contributed by atoms with van der Waals surface area (Å²) >= 11 is 0. The maximum Gasteiger partial charge on any atom is 0.310 e. The molecule has 2 saturated carbocycles. The zero-order valence-electron chi connectivity index (χ0n) is 11.0. The maximum atomic E-state index is 11.8. The van der Waals surface area contributed by atoms with E-state index in [0.717, 1.165) is 24.8 Å². The van der Waals surface area contributed by atoms with Gasteiger partial charge in [0.25, 0.3) is 0 Å². The highest BCUT2D eigenvalue weighted by atomic mass is 16.4. The second-order valence-corrected chi connectivity index (χ2v) is 6.17. The van der Waals surface area contributed by atoms with Gasteiger partial charge in [0, 0.05) is 0 Å². The van der Waals surface area contributed by atoms with Crippen LogP contribution in [0.1, 0.15) is 43.8 Å². The predicted octanol–water partition coefficient (Wildman–Crippen LogP) is 3.00. The molecule has 4 atom stereocenters. The van der Waals surface area contributed by atoms with E-state index in [4.69, 9.17) is 0 Å². The minimum absolute atomic E-state index is 0.258. The highest BCUT2D eigenvalue weighted by Gasteiger charge is 2.56. The molecule has 0 amide bonds. The van der Waals surface area contributed by atoms with Gasteiger partial charge in [0.2, 0.25) is 0 Å². The molecule has 0 radical (unpaired) electrons. The topological polar surface area (TPSA) is 57.5 Å². The van der Waals surface area contributed by atoms with Gasteiger partial charge in [0.1, 0.15) is 0 Å². The number of aliphatic carboxylic acids is 1. The van der Waals surface area contributed by atoms with Crippen molar-refractivity contribution in [1.29, 1.82) is 0 Å². The summed E-state index contributed by atoms with van der Waals surface area (Å²) in [5.41, 5.74) is 0.129. The van der Waals surface area contributed by atoms with Crippen LogP contribution in [0.4, 0.5) is 0 Å². The smallest absolute Gasteiger partial charge is 0.310 e. The van der Waals surface area contributed by atoms with E-state index in [2.05, 4.69) is 0 Å². The predicted molar refractivity (Wildman–Crippen MR) is 71.5 cm³/mol. The molecule has 0 saturated heterocycles. The summed E-state index contributed by atoms with van der Waals surface area (Å²) in [6.07, 6.45) is 3.65. The number of carbonyl (C=O) groups is 1. The molecule has 0 spiro atoms. The molecule has 0 aromatic heterocycles. The molecule has 102 valence electrons. The summed E-state index contributed by atoms with van der Waals surface area (Å²) in [5.74, 6) is 0.104. The fourth-order valence-corrected chi connectivity index (χ4v) is 4.18. The number of carboxylic acids is 1. The lowest BCUT2D eigenvalue weighted by Crippen LogP contribution is -2.38. The Bertz CT molecular complexity index is 470. The standard InChI is InChI=1S/C16H20O3/c17-14(12-4-2-1-3-5-12)10-16(15(18)19)9-11-6-7-13(16)8-11/h1-5,11,13-14,17H,6-10H2,(H,18,19). The zero-order valence-corrected chi connectivity index (χ0v) is 11.0. The van der Waals surface area contributed by atoms with E-state index in [1.807, 2.05) is 30.3 Å². The van der Waals surface area contributed by atoms with Crippen LogP contribution in [-0.4, -0.2) is 16.2 Å². The van der Waals surface area contributed by atoms with Crippen LogP contribution in [0.15, 0.2) is 30.3 Å². The highest BCUT2D eigenvalue weighted by molar-refractivity contribution is 5.76. The Kier molecular flexibility index (Phi) is 3.09. The van der Waals surface area contributed by atoms with E-state index >= 15 is 0 Å². The lowest BCUT2D eigenvalue weighted by molar-refractivity contribution is -0.155. The molecular weight excluding hydrogens is 240 g/mol. The van der Waals surface area contributed by atoms with Crippen LogP contribution in [0.3, 0.4) is 0 Å². The molecule has 0 aliphatic heterocycles. The van der Waals surface area contributed by atoms with Crippen LogP contribution < -0.4 is 0 Å². The molecule has 3 nitrogen and oxygen atoms in total. The number of aliphatic hydroxyl groups excluding tert-OH is 1. The minimum atomic E-state index is -0.713. The SMILES string of the molecule is O=C(O)C1(CC(O)c2ccccc2)CC2CCC1C2. The van der Waals surface area contributed by atoms with Crippen LogP contribution >= 0.6 is 0 Å². The molecule has 0 heterocycles. The molecule has 3 heteroatoms. The molecule has 2 N–H and O–H groups in total. The summed E-state index contributed by atoms with van der Waals surface area (Å²) in [6.45, 7) is 0. The number of hydrogen-bond donors (Lipinski definition) is 2. The minimum Gasteiger partial charge on any atom is -0.481 e. The van der Waals surface area contributed by atoms with Crippen LogP contribution in [-0.2, 0) is 4.79 Å². The Morgan fingerprint density at radius 1 is 1.32 bits per heavy atom. The lowest BCUT2D eigenvalue weighted by atomic mass is 9.69. The van der Waals surface area contributed by atoms with Crippen molar-refractivity contribution in [1.82, 2.24) is 0 Å². The molecule has 2 aliphatic carbocycles. The fourth-order valence-electron chi connectivity index (χ4n) is 4.18. The summed E-state index contributed by atoms with van der Waals surface area (Å²) in [7, 11) is 0. The van der Waals surface area contributed by atoms with Gasteiger partial charge in [-0.05, 0) is 43.1 Å². The van der Waals surface area contributed by atoms with Crippen LogP contribution in [0.25, 0.3) is 0 Å². The summed E-state index contributed by atoms with van der Waals surface area (Å²) in [6, 6.07) is 9.40. The monoisotopic (exact) mass is 260 g/mol. The molecule has 3 rings (SSSR count). The van der Waals surface area contributed by atoms with Crippen molar-refractivity contribution in [3.63, 3.8) is 0 Å². The van der Waals surface area contributed by atoms with Crippen molar-refractivity contribution in [3.05, 3.63) is 35.9 Å². The average molecular weight is 260 g/mol. The first kappa shape index (κ1) is 12.7. The van der Waals surface area contributed by atoms with Gasteiger partial charge in [-0.3, -0.25) is 4.79 Å². The summed E-state index contributed by atoms with van der Waals surface area (Å²) in [4.78, 5) is 11.8.